The molecule has 0 bridgehead atoms. The highest BCUT2D eigenvalue weighted by Gasteiger charge is 2.19. The Morgan fingerprint density at radius 3 is 2.39 bits per heavy atom. The number of primary sulfonamides is 1. The molecule has 3 aromatic carbocycles. The first kappa shape index (κ1) is 19.8. The molecule has 0 aromatic heterocycles. The minimum absolute atomic E-state index is 0.0997. The summed E-state index contributed by atoms with van der Waals surface area (Å²) in [5.41, 5.74) is 0.887. The van der Waals surface area contributed by atoms with Gasteiger partial charge in [-0.2, -0.15) is 0 Å². The normalized spacial score (nSPS) is 11.3. The van der Waals surface area contributed by atoms with Crippen LogP contribution in [0.1, 0.15) is 5.56 Å². The summed E-state index contributed by atoms with van der Waals surface area (Å²) in [5.74, 6) is -0.675. The second-order valence-corrected chi connectivity index (χ2v) is 7.46. The van der Waals surface area contributed by atoms with Gasteiger partial charge in [0.2, 0.25) is 10.0 Å². The molecule has 0 fully saturated rings. The Kier molecular flexibility index (Phi) is 5.62. The third-order valence-corrected chi connectivity index (χ3v) is 5.04. The summed E-state index contributed by atoms with van der Waals surface area (Å²) in [7, 11) is -2.56. The highest BCUT2D eigenvalue weighted by molar-refractivity contribution is 7.89. The van der Waals surface area contributed by atoms with Gasteiger partial charge in [0, 0.05) is 22.8 Å². The molecule has 0 heterocycles. The number of sulfonamides is 1. The van der Waals surface area contributed by atoms with Crippen LogP contribution in [0.3, 0.4) is 0 Å². The quantitative estimate of drug-likeness (QED) is 0.675. The minimum Gasteiger partial charge on any atom is -0.497 e. The SMILES string of the molecule is COc1ccc(S(N)(=O)=O)c(-c2ccccc2OCc2ccc(F)cc2F)c1. The number of benzene rings is 3. The molecule has 0 aliphatic carbocycles. The molecule has 0 aliphatic heterocycles. The second kappa shape index (κ2) is 7.95. The van der Waals surface area contributed by atoms with E-state index in [1.54, 1.807) is 24.3 Å². The fourth-order valence-corrected chi connectivity index (χ4v) is 3.44. The van der Waals surface area contributed by atoms with E-state index in [-0.39, 0.29) is 22.6 Å². The van der Waals surface area contributed by atoms with Crippen LogP contribution in [-0.2, 0) is 16.6 Å². The molecule has 0 amide bonds. The molecular weight excluding hydrogens is 388 g/mol. The van der Waals surface area contributed by atoms with E-state index < -0.39 is 21.7 Å². The Morgan fingerprint density at radius 2 is 1.71 bits per heavy atom. The predicted molar refractivity (Wildman–Crippen MR) is 100 cm³/mol. The van der Waals surface area contributed by atoms with Gasteiger partial charge in [-0.05, 0) is 36.4 Å². The van der Waals surface area contributed by atoms with Gasteiger partial charge in [0.25, 0.3) is 0 Å². The van der Waals surface area contributed by atoms with E-state index in [0.717, 1.165) is 12.1 Å². The number of para-hydroxylation sites is 1. The molecule has 5 nitrogen and oxygen atoms in total. The number of hydrogen-bond donors (Lipinski definition) is 1. The minimum atomic E-state index is -4.01. The maximum absolute atomic E-state index is 13.9. The van der Waals surface area contributed by atoms with Gasteiger partial charge < -0.3 is 9.47 Å². The van der Waals surface area contributed by atoms with Crippen LogP contribution < -0.4 is 14.6 Å². The van der Waals surface area contributed by atoms with Gasteiger partial charge >= 0.3 is 0 Å². The Balaban J connectivity index is 2.03. The summed E-state index contributed by atoms with van der Waals surface area (Å²) in [5, 5.41) is 5.34. The molecule has 0 saturated carbocycles. The summed E-state index contributed by atoms with van der Waals surface area (Å²) in [6.45, 7) is -0.169. The molecule has 0 saturated heterocycles. The summed E-state index contributed by atoms with van der Waals surface area (Å²) >= 11 is 0. The average Bonchev–Trinajstić information content (AvgIpc) is 2.66. The van der Waals surface area contributed by atoms with Crippen LogP contribution in [0, 0.1) is 11.6 Å². The summed E-state index contributed by atoms with van der Waals surface area (Å²) in [6, 6.07) is 14.2. The molecule has 0 radical (unpaired) electrons. The predicted octanol–water partition coefficient (Wildman–Crippen LogP) is 3.87. The number of hydrogen-bond acceptors (Lipinski definition) is 4. The third-order valence-electron chi connectivity index (χ3n) is 4.07. The Bertz CT molecular complexity index is 1120. The molecular formula is C20H17F2NO4S. The van der Waals surface area contributed by atoms with E-state index in [9.17, 15) is 17.2 Å². The molecule has 0 unspecified atom stereocenters. The lowest BCUT2D eigenvalue weighted by Gasteiger charge is -2.15. The molecule has 146 valence electrons. The molecule has 0 atom stereocenters. The molecule has 0 spiro atoms. The van der Waals surface area contributed by atoms with Crippen molar-refractivity contribution in [1.82, 2.24) is 0 Å². The summed E-state index contributed by atoms with van der Waals surface area (Å²) < 4.78 is 61.8. The van der Waals surface area contributed by atoms with E-state index in [2.05, 4.69) is 0 Å². The van der Waals surface area contributed by atoms with E-state index in [0.29, 0.717) is 17.1 Å². The van der Waals surface area contributed by atoms with Crippen molar-refractivity contribution < 1.29 is 26.7 Å². The highest BCUT2D eigenvalue weighted by atomic mass is 32.2. The van der Waals surface area contributed by atoms with Crippen molar-refractivity contribution >= 4 is 10.0 Å². The van der Waals surface area contributed by atoms with E-state index in [1.165, 1.54) is 31.4 Å². The van der Waals surface area contributed by atoms with Crippen LogP contribution in [-0.4, -0.2) is 15.5 Å². The maximum Gasteiger partial charge on any atom is 0.238 e. The van der Waals surface area contributed by atoms with Crippen LogP contribution in [0.4, 0.5) is 8.78 Å². The van der Waals surface area contributed by atoms with E-state index in [1.807, 2.05) is 0 Å². The van der Waals surface area contributed by atoms with Crippen molar-refractivity contribution in [3.8, 4) is 22.6 Å². The lowest BCUT2D eigenvalue weighted by molar-refractivity contribution is 0.300. The van der Waals surface area contributed by atoms with E-state index in [4.69, 9.17) is 14.6 Å². The van der Waals surface area contributed by atoms with Crippen molar-refractivity contribution in [2.24, 2.45) is 5.14 Å². The maximum atomic E-state index is 13.9. The summed E-state index contributed by atoms with van der Waals surface area (Å²) in [6.07, 6.45) is 0. The molecule has 3 aromatic rings. The van der Waals surface area contributed by atoms with Gasteiger partial charge in [0.15, 0.2) is 0 Å². The smallest absolute Gasteiger partial charge is 0.238 e. The van der Waals surface area contributed by atoms with Gasteiger partial charge in [-0.25, -0.2) is 22.3 Å². The molecule has 28 heavy (non-hydrogen) atoms. The van der Waals surface area contributed by atoms with Crippen molar-refractivity contribution in [3.63, 3.8) is 0 Å². The lowest BCUT2D eigenvalue weighted by atomic mass is 10.0. The summed E-state index contributed by atoms with van der Waals surface area (Å²) in [4.78, 5) is -0.0997. The number of methoxy groups -OCH3 is 1. The van der Waals surface area contributed by atoms with Gasteiger partial charge in [-0.15, -0.1) is 0 Å². The molecule has 3 rings (SSSR count). The highest BCUT2D eigenvalue weighted by Crippen LogP contribution is 2.36. The van der Waals surface area contributed by atoms with E-state index >= 15 is 0 Å². The first-order valence-corrected chi connectivity index (χ1v) is 9.71. The fraction of sp³-hybridized carbons (Fsp3) is 0.100. The number of halogens is 2. The Labute approximate surface area is 161 Å². The molecule has 0 aliphatic rings. The van der Waals surface area contributed by atoms with Gasteiger partial charge in [0.1, 0.15) is 29.7 Å². The fourth-order valence-electron chi connectivity index (χ4n) is 2.70. The van der Waals surface area contributed by atoms with Crippen LogP contribution in [0.5, 0.6) is 11.5 Å². The third kappa shape index (κ3) is 4.29. The first-order chi connectivity index (χ1) is 13.3. The van der Waals surface area contributed by atoms with Gasteiger partial charge in [-0.3, -0.25) is 0 Å². The van der Waals surface area contributed by atoms with Crippen LogP contribution in [0.2, 0.25) is 0 Å². The van der Waals surface area contributed by atoms with Crippen molar-refractivity contribution in [3.05, 3.63) is 77.9 Å². The molecule has 8 heteroatoms. The Hall–Kier alpha value is -2.97. The standard InChI is InChI=1S/C20H17F2NO4S/c1-26-15-8-9-20(28(23,24)25)17(11-15)16-4-2-3-5-19(16)27-12-13-6-7-14(21)10-18(13)22/h2-11H,12H2,1H3,(H2,23,24,25). The van der Waals surface area contributed by atoms with Crippen molar-refractivity contribution in [2.45, 2.75) is 11.5 Å². The van der Waals surface area contributed by atoms with Gasteiger partial charge in [0.05, 0.1) is 12.0 Å². The number of ether oxygens (including phenoxy) is 2. The average molecular weight is 405 g/mol. The zero-order chi connectivity index (χ0) is 20.3. The van der Waals surface area contributed by atoms with Crippen LogP contribution in [0.25, 0.3) is 11.1 Å². The van der Waals surface area contributed by atoms with Crippen LogP contribution in [0.15, 0.2) is 65.6 Å². The van der Waals surface area contributed by atoms with Crippen molar-refractivity contribution in [2.75, 3.05) is 7.11 Å². The monoisotopic (exact) mass is 405 g/mol. The van der Waals surface area contributed by atoms with Crippen LogP contribution >= 0.6 is 0 Å². The topological polar surface area (TPSA) is 78.6 Å². The lowest BCUT2D eigenvalue weighted by Crippen LogP contribution is -2.13. The Morgan fingerprint density at radius 1 is 0.964 bits per heavy atom. The second-order valence-electron chi connectivity index (χ2n) is 5.93. The molecule has 2 N–H and O–H groups in total. The number of rotatable bonds is 6. The zero-order valence-electron chi connectivity index (χ0n) is 14.9. The van der Waals surface area contributed by atoms with Crippen molar-refractivity contribution in [1.29, 1.82) is 0 Å². The zero-order valence-corrected chi connectivity index (χ0v) is 15.7. The number of nitrogens with two attached hydrogens (primary N) is 1. The largest absolute Gasteiger partial charge is 0.497 e. The first-order valence-electron chi connectivity index (χ1n) is 8.16. The van der Waals surface area contributed by atoms with Gasteiger partial charge in [-0.1, -0.05) is 18.2 Å².